The molecule has 0 amide bonds. The van der Waals surface area contributed by atoms with Gasteiger partial charge < -0.3 is 9.47 Å². The summed E-state index contributed by atoms with van der Waals surface area (Å²) in [4.78, 5) is 16.1. The van der Waals surface area contributed by atoms with Crippen LogP contribution in [0.1, 0.15) is 70.0 Å². The van der Waals surface area contributed by atoms with Crippen LogP contribution in [0.4, 0.5) is 0 Å². The molecule has 6 nitrogen and oxygen atoms in total. The van der Waals surface area contributed by atoms with E-state index in [1.54, 1.807) is 17.9 Å². The maximum absolute atomic E-state index is 11.9. The number of halogens is 1. The summed E-state index contributed by atoms with van der Waals surface area (Å²) in [5.74, 6) is 0.161. The Bertz CT molecular complexity index is 983. The van der Waals surface area contributed by atoms with E-state index in [2.05, 4.69) is 43.0 Å². The van der Waals surface area contributed by atoms with Crippen LogP contribution in [0.3, 0.4) is 0 Å². The molecule has 2 aromatic rings. The number of aliphatic imine (C=N–C) groups is 1. The van der Waals surface area contributed by atoms with Crippen LogP contribution in [0.15, 0.2) is 29.3 Å². The zero-order chi connectivity index (χ0) is 23.9. The van der Waals surface area contributed by atoms with Crippen molar-refractivity contribution in [1.29, 1.82) is 0 Å². The summed E-state index contributed by atoms with van der Waals surface area (Å²) in [7, 11) is 1.70. The van der Waals surface area contributed by atoms with E-state index in [1.165, 1.54) is 5.56 Å². The first-order valence-electron chi connectivity index (χ1n) is 10.9. The maximum Gasteiger partial charge on any atom is 0.308 e. The van der Waals surface area contributed by atoms with Gasteiger partial charge in [0.1, 0.15) is 5.69 Å². The molecule has 0 radical (unpaired) electrons. The summed E-state index contributed by atoms with van der Waals surface area (Å²) < 4.78 is 13.1. The third kappa shape index (κ3) is 6.22. The van der Waals surface area contributed by atoms with Crippen LogP contribution in [0.5, 0.6) is 0 Å². The van der Waals surface area contributed by atoms with Gasteiger partial charge in [-0.05, 0) is 36.8 Å². The fourth-order valence-corrected chi connectivity index (χ4v) is 3.47. The Morgan fingerprint density at radius 2 is 1.84 bits per heavy atom. The smallest absolute Gasteiger partial charge is 0.308 e. The molecule has 0 aliphatic carbocycles. The fourth-order valence-electron chi connectivity index (χ4n) is 3.25. The molecule has 7 heteroatoms. The normalized spacial score (nSPS) is 12.8. The Balaban J connectivity index is 2.62. The molecule has 0 bridgehead atoms. The summed E-state index contributed by atoms with van der Waals surface area (Å²) in [5, 5.41) is 5.02. The minimum atomic E-state index is -0.307. The monoisotopic (exact) mass is 459 g/mol. The van der Waals surface area contributed by atoms with Crippen molar-refractivity contribution in [1.82, 2.24) is 9.78 Å². The van der Waals surface area contributed by atoms with E-state index < -0.39 is 0 Å². The van der Waals surface area contributed by atoms with Crippen LogP contribution in [0, 0.1) is 6.92 Å². The second kappa shape index (κ2) is 11.3. The van der Waals surface area contributed by atoms with Gasteiger partial charge in [0.05, 0.1) is 10.7 Å². The number of ether oxygens (including phenoxy) is 2. The first-order valence-corrected chi connectivity index (χ1v) is 11.3. The molecular weight excluding hydrogens is 426 g/mol. The van der Waals surface area contributed by atoms with Gasteiger partial charge in [-0.15, -0.1) is 0 Å². The molecule has 0 N–H and O–H groups in total. The molecule has 174 valence electrons. The zero-order valence-electron chi connectivity index (χ0n) is 20.2. The first-order chi connectivity index (χ1) is 15.1. The molecule has 0 spiro atoms. The standard InChI is InChI=1S/C25H34ClN3O3/c1-8-10-21(30)31-16-32-24(23-22(26)17(3)28-29(23)9-2)20(15-27-7)18-11-13-19(14-12-18)25(4,5)6/h11-15H,8-10,16H2,1-7H3/b24-20-,27-15-. The fraction of sp³-hybridized carbons (Fsp3) is 0.480. The average Bonchev–Trinajstić information content (AvgIpc) is 3.03. The lowest BCUT2D eigenvalue weighted by molar-refractivity contribution is -0.151. The van der Waals surface area contributed by atoms with Gasteiger partial charge in [-0.1, -0.05) is 63.6 Å². The van der Waals surface area contributed by atoms with E-state index in [-0.39, 0.29) is 18.2 Å². The SMILES string of the molecule is CCCC(=O)OCO/C(=C(/C=N\C)c1ccc(C(C)(C)C)cc1)c1c(Cl)c(C)nn1CC. The molecule has 0 fully saturated rings. The van der Waals surface area contributed by atoms with Crippen molar-refractivity contribution in [2.75, 3.05) is 13.8 Å². The lowest BCUT2D eigenvalue weighted by Crippen LogP contribution is -2.12. The van der Waals surface area contributed by atoms with E-state index in [0.717, 1.165) is 11.1 Å². The number of hydrogen-bond acceptors (Lipinski definition) is 5. The highest BCUT2D eigenvalue weighted by atomic mass is 35.5. The molecule has 2 rings (SSSR count). The van der Waals surface area contributed by atoms with E-state index in [9.17, 15) is 4.79 Å². The van der Waals surface area contributed by atoms with Crippen molar-refractivity contribution in [3.63, 3.8) is 0 Å². The van der Waals surface area contributed by atoms with Gasteiger partial charge in [-0.2, -0.15) is 5.10 Å². The summed E-state index contributed by atoms with van der Waals surface area (Å²) in [6.07, 6.45) is 2.78. The Morgan fingerprint density at radius 3 is 2.38 bits per heavy atom. The third-order valence-electron chi connectivity index (χ3n) is 5.01. The maximum atomic E-state index is 11.9. The molecule has 0 unspecified atom stereocenters. The number of rotatable bonds is 9. The number of carbonyl (C=O) groups is 1. The minimum absolute atomic E-state index is 0.0370. The topological polar surface area (TPSA) is 65.7 Å². The highest BCUT2D eigenvalue weighted by molar-refractivity contribution is 6.33. The van der Waals surface area contributed by atoms with Crippen LogP contribution in [0.2, 0.25) is 5.02 Å². The van der Waals surface area contributed by atoms with Gasteiger partial charge in [-0.3, -0.25) is 14.5 Å². The van der Waals surface area contributed by atoms with Crippen molar-refractivity contribution in [3.05, 3.63) is 51.8 Å². The summed E-state index contributed by atoms with van der Waals surface area (Å²) in [5.41, 5.74) is 4.23. The summed E-state index contributed by atoms with van der Waals surface area (Å²) in [6, 6.07) is 8.28. The molecule has 1 aromatic carbocycles. The van der Waals surface area contributed by atoms with Gasteiger partial charge in [0.15, 0.2) is 5.76 Å². The zero-order valence-corrected chi connectivity index (χ0v) is 20.9. The Hall–Kier alpha value is -2.60. The molecule has 1 heterocycles. The van der Waals surface area contributed by atoms with E-state index in [4.69, 9.17) is 21.1 Å². The van der Waals surface area contributed by atoms with Crippen molar-refractivity contribution in [2.24, 2.45) is 4.99 Å². The average molecular weight is 460 g/mol. The number of benzene rings is 1. The van der Waals surface area contributed by atoms with Crippen LogP contribution >= 0.6 is 11.6 Å². The molecule has 0 saturated carbocycles. The second-order valence-electron chi connectivity index (χ2n) is 8.55. The van der Waals surface area contributed by atoms with Gasteiger partial charge in [0.2, 0.25) is 6.79 Å². The Morgan fingerprint density at radius 1 is 1.19 bits per heavy atom. The molecule has 32 heavy (non-hydrogen) atoms. The third-order valence-corrected chi connectivity index (χ3v) is 5.46. The molecule has 1 aromatic heterocycles. The van der Waals surface area contributed by atoms with Gasteiger partial charge >= 0.3 is 5.97 Å². The van der Waals surface area contributed by atoms with Crippen LogP contribution in [0.25, 0.3) is 11.3 Å². The number of nitrogens with zero attached hydrogens (tertiary/aromatic N) is 3. The van der Waals surface area contributed by atoms with Crippen molar-refractivity contribution < 1.29 is 14.3 Å². The quantitative estimate of drug-likeness (QED) is 0.198. The van der Waals surface area contributed by atoms with E-state index >= 15 is 0 Å². The van der Waals surface area contributed by atoms with Crippen LogP contribution in [-0.2, 0) is 26.2 Å². The number of aryl methyl sites for hydroxylation is 2. The van der Waals surface area contributed by atoms with Crippen molar-refractivity contribution in [2.45, 2.75) is 66.3 Å². The van der Waals surface area contributed by atoms with E-state index in [1.807, 2.05) is 32.9 Å². The highest BCUT2D eigenvalue weighted by Gasteiger charge is 2.23. The second-order valence-corrected chi connectivity index (χ2v) is 8.93. The summed E-state index contributed by atoms with van der Waals surface area (Å²) in [6.45, 7) is 12.7. The lowest BCUT2D eigenvalue weighted by Gasteiger charge is -2.20. The van der Waals surface area contributed by atoms with E-state index in [0.29, 0.717) is 41.6 Å². The largest absolute Gasteiger partial charge is 0.454 e. The lowest BCUT2D eigenvalue weighted by atomic mass is 9.86. The molecular formula is C25H34ClN3O3. The number of allylic oxidation sites excluding steroid dienone is 1. The van der Waals surface area contributed by atoms with Gasteiger partial charge in [0.25, 0.3) is 0 Å². The highest BCUT2D eigenvalue weighted by Crippen LogP contribution is 2.34. The minimum Gasteiger partial charge on any atom is -0.454 e. The molecule has 0 aliphatic heterocycles. The number of aromatic nitrogens is 2. The van der Waals surface area contributed by atoms with Gasteiger partial charge in [0, 0.05) is 31.8 Å². The number of hydrogen-bond donors (Lipinski definition) is 0. The summed E-state index contributed by atoms with van der Waals surface area (Å²) >= 11 is 6.65. The molecule has 0 saturated heterocycles. The van der Waals surface area contributed by atoms with Crippen LogP contribution in [-0.4, -0.2) is 35.8 Å². The van der Waals surface area contributed by atoms with Crippen molar-refractivity contribution in [3.8, 4) is 0 Å². The number of carbonyl (C=O) groups excluding carboxylic acids is 1. The molecule has 0 aliphatic rings. The Labute approximate surface area is 196 Å². The van der Waals surface area contributed by atoms with Crippen LogP contribution < -0.4 is 0 Å². The predicted octanol–water partition coefficient (Wildman–Crippen LogP) is 6.05. The van der Waals surface area contributed by atoms with Gasteiger partial charge in [-0.25, -0.2) is 0 Å². The molecule has 0 atom stereocenters. The van der Waals surface area contributed by atoms with Crippen molar-refractivity contribution >= 4 is 35.1 Å². The number of esters is 1. The predicted molar refractivity (Wildman–Crippen MR) is 131 cm³/mol. The first kappa shape index (κ1) is 25.7. The Kier molecular flexibility index (Phi) is 9.08.